The van der Waals surface area contributed by atoms with Gasteiger partial charge in [-0.2, -0.15) is 0 Å². The van der Waals surface area contributed by atoms with Crippen LogP contribution < -0.4 is 4.90 Å². The molecule has 0 N–H and O–H groups in total. The van der Waals surface area contributed by atoms with E-state index in [2.05, 4.69) is 14.9 Å². The monoisotopic (exact) mass is 425 g/mol. The lowest BCUT2D eigenvalue weighted by atomic mass is 10.1. The lowest BCUT2D eigenvalue weighted by Crippen LogP contribution is -2.48. The first kappa shape index (κ1) is 19.2. The highest BCUT2D eigenvalue weighted by atomic mass is 32.1. The minimum absolute atomic E-state index is 0.0612. The smallest absolute Gasteiger partial charge is 0.277 e. The standard InChI is InChI=1S/C21H23N5O3S/c27-19-17(16-5-2-13-30-16)18(20(28)26(19)14-15-4-1-12-29-15)24-8-10-25(11-9-24)21-22-6-3-7-23-21/h2-3,5-7,13,15H,1,4,8-12,14H2. The predicted molar refractivity (Wildman–Crippen MR) is 113 cm³/mol. The van der Waals surface area contributed by atoms with Crippen LogP contribution in [0.1, 0.15) is 17.7 Å². The summed E-state index contributed by atoms with van der Waals surface area (Å²) in [7, 11) is 0. The molecule has 0 saturated carbocycles. The highest BCUT2D eigenvalue weighted by molar-refractivity contribution is 7.11. The molecule has 0 spiro atoms. The molecule has 0 radical (unpaired) electrons. The number of piperazine rings is 1. The van der Waals surface area contributed by atoms with Gasteiger partial charge in [0.05, 0.1) is 18.2 Å². The van der Waals surface area contributed by atoms with Crippen LogP contribution in [0.15, 0.2) is 41.7 Å². The summed E-state index contributed by atoms with van der Waals surface area (Å²) >= 11 is 1.49. The molecule has 2 amide bonds. The number of hydrogen-bond acceptors (Lipinski definition) is 8. The summed E-state index contributed by atoms with van der Waals surface area (Å²) in [6, 6.07) is 5.62. The van der Waals surface area contributed by atoms with Crippen LogP contribution in [0.2, 0.25) is 0 Å². The second-order valence-electron chi connectivity index (χ2n) is 7.58. The molecule has 8 nitrogen and oxygen atoms in total. The molecule has 5 rings (SSSR count). The Morgan fingerprint density at radius 3 is 2.47 bits per heavy atom. The molecule has 1 unspecified atom stereocenters. The van der Waals surface area contributed by atoms with Crippen molar-refractivity contribution in [2.24, 2.45) is 0 Å². The average Bonchev–Trinajstić information content (AvgIpc) is 3.53. The normalized spacial score (nSPS) is 22.5. The van der Waals surface area contributed by atoms with E-state index in [1.165, 1.54) is 16.2 Å². The van der Waals surface area contributed by atoms with Crippen molar-refractivity contribution in [1.29, 1.82) is 0 Å². The number of rotatable bonds is 5. The minimum atomic E-state index is -0.207. The van der Waals surface area contributed by atoms with Gasteiger partial charge < -0.3 is 14.5 Å². The van der Waals surface area contributed by atoms with E-state index >= 15 is 0 Å². The first-order valence-electron chi connectivity index (χ1n) is 10.3. The Bertz CT molecular complexity index is 948. The van der Waals surface area contributed by atoms with Crippen LogP contribution in [-0.4, -0.2) is 77.0 Å². The van der Waals surface area contributed by atoms with Crippen molar-refractivity contribution in [3.8, 4) is 0 Å². The van der Waals surface area contributed by atoms with E-state index < -0.39 is 0 Å². The van der Waals surface area contributed by atoms with Crippen molar-refractivity contribution in [2.45, 2.75) is 18.9 Å². The summed E-state index contributed by atoms with van der Waals surface area (Å²) < 4.78 is 5.69. The average molecular weight is 426 g/mol. The Morgan fingerprint density at radius 1 is 1.03 bits per heavy atom. The summed E-state index contributed by atoms with van der Waals surface area (Å²) in [4.78, 5) is 41.7. The Morgan fingerprint density at radius 2 is 1.80 bits per heavy atom. The van der Waals surface area contributed by atoms with Crippen molar-refractivity contribution in [1.82, 2.24) is 19.8 Å². The maximum Gasteiger partial charge on any atom is 0.277 e. The van der Waals surface area contributed by atoms with E-state index in [-0.39, 0.29) is 17.9 Å². The summed E-state index contributed by atoms with van der Waals surface area (Å²) in [5.74, 6) is 0.281. The van der Waals surface area contributed by atoms with Crippen molar-refractivity contribution in [2.75, 3.05) is 44.2 Å². The molecule has 3 aliphatic heterocycles. The fraction of sp³-hybridized carbons (Fsp3) is 0.429. The molecular weight excluding hydrogens is 402 g/mol. The predicted octanol–water partition coefficient (Wildman–Crippen LogP) is 1.62. The van der Waals surface area contributed by atoms with Gasteiger partial charge in [0.15, 0.2) is 0 Å². The van der Waals surface area contributed by atoms with Gasteiger partial charge in [0.25, 0.3) is 11.8 Å². The molecule has 0 bridgehead atoms. The van der Waals surface area contributed by atoms with Crippen LogP contribution in [0.4, 0.5) is 5.95 Å². The Kier molecular flexibility index (Phi) is 5.22. The molecule has 9 heteroatoms. The van der Waals surface area contributed by atoms with Crippen LogP contribution in [0.3, 0.4) is 0 Å². The number of amides is 2. The zero-order chi connectivity index (χ0) is 20.5. The van der Waals surface area contributed by atoms with Gasteiger partial charge in [-0.05, 0) is 30.4 Å². The minimum Gasteiger partial charge on any atom is -0.376 e. The first-order chi connectivity index (χ1) is 14.7. The number of thiophene rings is 1. The highest BCUT2D eigenvalue weighted by Gasteiger charge is 2.43. The lowest BCUT2D eigenvalue weighted by Gasteiger charge is -2.36. The number of hydrogen-bond donors (Lipinski definition) is 0. The number of nitrogens with zero attached hydrogens (tertiary/aromatic N) is 5. The molecule has 2 fully saturated rings. The lowest BCUT2D eigenvalue weighted by molar-refractivity contribution is -0.139. The zero-order valence-corrected chi connectivity index (χ0v) is 17.4. The van der Waals surface area contributed by atoms with Crippen molar-refractivity contribution < 1.29 is 14.3 Å². The number of carbonyl (C=O) groups is 2. The van der Waals surface area contributed by atoms with E-state index in [0.29, 0.717) is 56.5 Å². The van der Waals surface area contributed by atoms with Gasteiger partial charge >= 0.3 is 0 Å². The largest absolute Gasteiger partial charge is 0.376 e. The van der Waals surface area contributed by atoms with Gasteiger partial charge in [-0.15, -0.1) is 11.3 Å². The fourth-order valence-electron chi connectivity index (χ4n) is 4.24. The van der Waals surface area contributed by atoms with Gasteiger partial charge in [0.1, 0.15) is 5.70 Å². The van der Waals surface area contributed by atoms with E-state index in [9.17, 15) is 9.59 Å². The number of aromatic nitrogens is 2. The van der Waals surface area contributed by atoms with Gasteiger partial charge in [0.2, 0.25) is 5.95 Å². The van der Waals surface area contributed by atoms with Crippen LogP contribution in [0.5, 0.6) is 0 Å². The third-order valence-electron chi connectivity index (χ3n) is 5.75. The second kappa shape index (κ2) is 8.16. The summed E-state index contributed by atoms with van der Waals surface area (Å²) in [5, 5.41) is 1.94. The molecule has 2 saturated heterocycles. The number of imide groups is 1. The number of anilines is 1. The van der Waals surface area contributed by atoms with Gasteiger partial charge in [-0.1, -0.05) is 6.07 Å². The molecule has 2 aromatic rings. The topological polar surface area (TPSA) is 78.9 Å². The zero-order valence-electron chi connectivity index (χ0n) is 16.6. The molecule has 30 heavy (non-hydrogen) atoms. The third kappa shape index (κ3) is 3.48. The first-order valence-corrected chi connectivity index (χ1v) is 11.1. The molecule has 1 atom stereocenters. The van der Waals surface area contributed by atoms with Crippen LogP contribution in [0, 0.1) is 0 Å². The summed E-state index contributed by atoms with van der Waals surface area (Å²) in [5.41, 5.74) is 1.05. The quantitative estimate of drug-likeness (QED) is 0.674. The van der Waals surface area contributed by atoms with Crippen LogP contribution in [0.25, 0.3) is 5.57 Å². The number of ether oxygens (including phenoxy) is 1. The van der Waals surface area contributed by atoms with Crippen molar-refractivity contribution >= 4 is 34.7 Å². The molecule has 156 valence electrons. The fourth-order valence-corrected chi connectivity index (χ4v) is 5.00. The van der Waals surface area contributed by atoms with Crippen molar-refractivity contribution in [3.63, 3.8) is 0 Å². The molecule has 2 aromatic heterocycles. The van der Waals surface area contributed by atoms with Gasteiger partial charge in [-0.3, -0.25) is 14.5 Å². The van der Waals surface area contributed by atoms with Crippen LogP contribution >= 0.6 is 11.3 Å². The van der Waals surface area contributed by atoms with E-state index in [1.54, 1.807) is 18.5 Å². The van der Waals surface area contributed by atoms with Crippen molar-refractivity contribution in [3.05, 3.63) is 46.5 Å². The van der Waals surface area contributed by atoms with Crippen LogP contribution in [-0.2, 0) is 14.3 Å². The van der Waals surface area contributed by atoms with E-state index in [4.69, 9.17) is 4.74 Å². The second-order valence-corrected chi connectivity index (χ2v) is 8.53. The third-order valence-corrected chi connectivity index (χ3v) is 6.64. The highest BCUT2D eigenvalue weighted by Crippen LogP contribution is 2.35. The molecular formula is C21H23N5O3S. The molecule has 5 heterocycles. The van der Waals surface area contributed by atoms with E-state index in [1.807, 2.05) is 22.4 Å². The summed E-state index contributed by atoms with van der Waals surface area (Å²) in [6.45, 7) is 3.68. The Balaban J connectivity index is 1.39. The van der Waals surface area contributed by atoms with Gasteiger partial charge in [-0.25, -0.2) is 9.97 Å². The molecule has 3 aliphatic rings. The maximum absolute atomic E-state index is 13.4. The molecule has 0 aromatic carbocycles. The van der Waals surface area contributed by atoms with Gasteiger partial charge in [0, 0.05) is 50.1 Å². The Hall–Kier alpha value is -2.78. The van der Waals surface area contributed by atoms with E-state index in [0.717, 1.165) is 17.7 Å². The maximum atomic E-state index is 13.4. The number of carbonyl (C=O) groups excluding carboxylic acids is 2. The molecule has 0 aliphatic carbocycles. The summed E-state index contributed by atoms with van der Waals surface area (Å²) in [6.07, 6.45) is 5.26. The Labute approximate surface area is 178 Å². The SMILES string of the molecule is O=C1C(c2cccs2)=C(N2CCN(c3ncccn3)CC2)C(=O)N1CC1CCCO1.